The van der Waals surface area contributed by atoms with Gasteiger partial charge in [-0.25, -0.2) is 9.37 Å². The standard InChI is InChI=1S/C22H22FN5OS/c1-14-25-22-28(26-14)21(29)20(30-22)19(15-6-4-8-17(23)12-15)27-11-3-2-9-18(27)16-7-5-10-24-13-16/h4-8,10,12-13,18-19,29H,2-3,9,11H2,1H3. The van der Waals surface area contributed by atoms with Gasteiger partial charge in [-0.1, -0.05) is 36.0 Å². The van der Waals surface area contributed by atoms with Crippen molar-refractivity contribution in [1.29, 1.82) is 0 Å². The number of pyridine rings is 1. The Morgan fingerprint density at radius 2 is 2.13 bits per heavy atom. The maximum Gasteiger partial charge on any atom is 0.230 e. The first kappa shape index (κ1) is 19.1. The van der Waals surface area contributed by atoms with Gasteiger partial charge in [-0.2, -0.15) is 4.52 Å². The van der Waals surface area contributed by atoms with E-state index in [2.05, 4.69) is 26.0 Å². The monoisotopic (exact) mass is 423 g/mol. The van der Waals surface area contributed by atoms with Crippen molar-refractivity contribution in [2.24, 2.45) is 0 Å². The van der Waals surface area contributed by atoms with E-state index < -0.39 is 0 Å². The molecule has 8 heteroatoms. The molecule has 0 spiro atoms. The van der Waals surface area contributed by atoms with Gasteiger partial charge in [-0.05, 0) is 55.6 Å². The van der Waals surface area contributed by atoms with Gasteiger partial charge in [0.2, 0.25) is 10.8 Å². The highest BCUT2D eigenvalue weighted by Gasteiger charge is 2.35. The highest BCUT2D eigenvalue weighted by molar-refractivity contribution is 7.17. The number of hydrogen-bond donors (Lipinski definition) is 1. The minimum atomic E-state index is -0.306. The van der Waals surface area contributed by atoms with Crippen LogP contribution >= 0.6 is 11.3 Å². The Labute approximate surface area is 177 Å². The normalized spacial score (nSPS) is 18.7. The van der Waals surface area contributed by atoms with E-state index in [1.807, 2.05) is 18.3 Å². The lowest BCUT2D eigenvalue weighted by atomic mass is 9.92. The van der Waals surface area contributed by atoms with E-state index in [1.54, 1.807) is 25.3 Å². The van der Waals surface area contributed by atoms with Crippen molar-refractivity contribution in [2.45, 2.75) is 38.3 Å². The average molecular weight is 424 g/mol. The van der Waals surface area contributed by atoms with Crippen molar-refractivity contribution >= 4 is 16.3 Å². The van der Waals surface area contributed by atoms with Gasteiger partial charge in [-0.3, -0.25) is 9.88 Å². The van der Waals surface area contributed by atoms with E-state index in [0.717, 1.165) is 41.8 Å². The van der Waals surface area contributed by atoms with E-state index >= 15 is 0 Å². The number of aromatic hydroxyl groups is 1. The number of halogens is 1. The van der Waals surface area contributed by atoms with Crippen molar-refractivity contribution in [2.75, 3.05) is 6.54 Å². The molecule has 4 aromatic rings. The Morgan fingerprint density at radius 1 is 1.23 bits per heavy atom. The van der Waals surface area contributed by atoms with E-state index in [1.165, 1.54) is 21.9 Å². The van der Waals surface area contributed by atoms with E-state index in [4.69, 9.17) is 0 Å². The van der Waals surface area contributed by atoms with Crippen LogP contribution in [0.4, 0.5) is 4.39 Å². The summed E-state index contributed by atoms with van der Waals surface area (Å²) in [5.41, 5.74) is 1.94. The van der Waals surface area contributed by atoms with Gasteiger partial charge in [0.15, 0.2) is 0 Å². The lowest BCUT2D eigenvalue weighted by molar-refractivity contribution is 0.113. The molecule has 0 amide bonds. The molecule has 1 N–H and O–H groups in total. The highest BCUT2D eigenvalue weighted by atomic mass is 32.1. The Hall–Kier alpha value is -2.84. The summed E-state index contributed by atoms with van der Waals surface area (Å²) in [6.45, 7) is 2.64. The molecule has 1 aliphatic rings. The summed E-state index contributed by atoms with van der Waals surface area (Å²) in [5.74, 6) is 0.388. The molecule has 0 radical (unpaired) electrons. The molecule has 0 saturated carbocycles. The first-order valence-corrected chi connectivity index (χ1v) is 10.9. The molecule has 1 aliphatic heterocycles. The number of aryl methyl sites for hydroxylation is 1. The van der Waals surface area contributed by atoms with Crippen molar-refractivity contribution in [3.8, 4) is 5.88 Å². The summed E-state index contributed by atoms with van der Waals surface area (Å²) in [4.78, 5) is 12.4. The molecule has 3 aromatic heterocycles. The number of benzene rings is 1. The zero-order chi connectivity index (χ0) is 20.7. The van der Waals surface area contributed by atoms with Crippen molar-refractivity contribution in [3.63, 3.8) is 0 Å². The Kier molecular flexibility index (Phi) is 4.96. The van der Waals surface area contributed by atoms with Gasteiger partial charge in [0.25, 0.3) is 0 Å². The number of thiazole rings is 1. The van der Waals surface area contributed by atoms with Crippen molar-refractivity contribution in [3.05, 3.63) is 76.4 Å². The summed E-state index contributed by atoms with van der Waals surface area (Å²) in [6.07, 6.45) is 6.82. The molecular weight excluding hydrogens is 401 g/mol. The van der Waals surface area contributed by atoms with Crippen LogP contribution in [0.1, 0.15) is 53.2 Å². The lowest BCUT2D eigenvalue weighted by Crippen LogP contribution is -2.37. The molecule has 1 aromatic carbocycles. The second kappa shape index (κ2) is 7.77. The third-order valence-corrected chi connectivity index (χ3v) is 6.74. The zero-order valence-electron chi connectivity index (χ0n) is 16.6. The Bertz CT molecular complexity index is 1170. The van der Waals surface area contributed by atoms with E-state index in [0.29, 0.717) is 10.8 Å². The smallest absolute Gasteiger partial charge is 0.230 e. The fraction of sp³-hybridized carbons (Fsp3) is 0.318. The SMILES string of the molecule is Cc1nc2sc(C(c3cccc(F)c3)N3CCCCC3c3cccnc3)c(O)n2n1. The number of rotatable bonds is 4. The van der Waals surface area contributed by atoms with Crippen LogP contribution in [0, 0.1) is 12.7 Å². The molecule has 2 unspecified atom stereocenters. The van der Waals surface area contributed by atoms with Crippen LogP contribution < -0.4 is 0 Å². The minimum absolute atomic E-state index is 0.0698. The van der Waals surface area contributed by atoms with Crippen LogP contribution in [-0.2, 0) is 0 Å². The average Bonchev–Trinajstić information content (AvgIpc) is 3.27. The molecular formula is C22H22FN5OS. The number of fused-ring (bicyclic) bond motifs is 1. The summed E-state index contributed by atoms with van der Waals surface area (Å²) in [7, 11) is 0. The maximum absolute atomic E-state index is 14.2. The molecule has 1 saturated heterocycles. The fourth-order valence-electron chi connectivity index (χ4n) is 4.39. The Morgan fingerprint density at radius 3 is 2.90 bits per heavy atom. The molecule has 1 fully saturated rings. The van der Waals surface area contributed by atoms with Crippen molar-refractivity contribution < 1.29 is 9.50 Å². The summed E-state index contributed by atoms with van der Waals surface area (Å²) >= 11 is 1.40. The van der Waals surface area contributed by atoms with E-state index in [-0.39, 0.29) is 23.8 Å². The molecule has 4 heterocycles. The molecule has 6 nitrogen and oxygen atoms in total. The number of piperidine rings is 1. The van der Waals surface area contributed by atoms with Gasteiger partial charge in [0.05, 0.1) is 10.9 Å². The molecule has 154 valence electrons. The topological polar surface area (TPSA) is 66.5 Å². The number of aromatic nitrogens is 4. The number of likely N-dealkylation sites (tertiary alicyclic amines) is 1. The lowest BCUT2D eigenvalue weighted by Gasteiger charge is -2.41. The molecule has 30 heavy (non-hydrogen) atoms. The molecule has 5 rings (SSSR count). The first-order chi connectivity index (χ1) is 14.6. The van der Waals surface area contributed by atoms with Gasteiger partial charge >= 0.3 is 0 Å². The molecule has 0 aliphatic carbocycles. The number of nitrogens with zero attached hydrogens (tertiary/aromatic N) is 5. The van der Waals surface area contributed by atoms with Crippen LogP contribution in [0.25, 0.3) is 4.96 Å². The summed E-state index contributed by atoms with van der Waals surface area (Å²) in [5, 5.41) is 15.3. The van der Waals surface area contributed by atoms with Crippen LogP contribution in [-0.4, -0.2) is 36.1 Å². The van der Waals surface area contributed by atoms with Gasteiger partial charge < -0.3 is 5.11 Å². The largest absolute Gasteiger partial charge is 0.492 e. The summed E-state index contributed by atoms with van der Waals surface area (Å²) in [6, 6.07) is 10.5. The Balaban J connectivity index is 1.67. The third-order valence-electron chi connectivity index (χ3n) is 5.66. The predicted octanol–water partition coefficient (Wildman–Crippen LogP) is 4.66. The third kappa shape index (κ3) is 3.36. The quantitative estimate of drug-likeness (QED) is 0.517. The molecule has 0 bridgehead atoms. The van der Waals surface area contributed by atoms with Crippen LogP contribution in [0.15, 0.2) is 48.8 Å². The van der Waals surface area contributed by atoms with Gasteiger partial charge in [-0.15, -0.1) is 5.10 Å². The van der Waals surface area contributed by atoms with Gasteiger partial charge in [0, 0.05) is 18.4 Å². The molecule has 2 atom stereocenters. The predicted molar refractivity (Wildman–Crippen MR) is 113 cm³/mol. The van der Waals surface area contributed by atoms with Gasteiger partial charge in [0.1, 0.15) is 11.6 Å². The maximum atomic E-state index is 14.2. The van der Waals surface area contributed by atoms with E-state index in [9.17, 15) is 9.50 Å². The zero-order valence-corrected chi connectivity index (χ0v) is 17.4. The van der Waals surface area contributed by atoms with Crippen LogP contribution in [0.3, 0.4) is 0 Å². The number of hydrogen-bond acceptors (Lipinski definition) is 6. The van der Waals surface area contributed by atoms with Crippen LogP contribution in [0.2, 0.25) is 0 Å². The second-order valence-corrected chi connectivity index (χ2v) is 8.65. The van der Waals surface area contributed by atoms with Crippen LogP contribution in [0.5, 0.6) is 5.88 Å². The van der Waals surface area contributed by atoms with Crippen molar-refractivity contribution in [1.82, 2.24) is 24.5 Å². The fourth-order valence-corrected chi connectivity index (χ4v) is 5.54. The summed E-state index contributed by atoms with van der Waals surface area (Å²) < 4.78 is 15.7. The first-order valence-electron chi connectivity index (χ1n) is 10.1. The second-order valence-electron chi connectivity index (χ2n) is 7.64. The minimum Gasteiger partial charge on any atom is -0.492 e. The highest BCUT2D eigenvalue weighted by Crippen LogP contribution is 2.45.